The van der Waals surface area contributed by atoms with Crippen molar-refractivity contribution >= 4 is 6.03 Å². The van der Waals surface area contributed by atoms with E-state index in [2.05, 4.69) is 5.32 Å². The number of nitrogens with zero attached hydrogens (tertiary/aromatic N) is 1. The Balaban J connectivity index is 1.98. The molecule has 0 bridgehead atoms. The lowest BCUT2D eigenvalue weighted by atomic mass is 10.1. The molecule has 8 heteroatoms. The van der Waals surface area contributed by atoms with E-state index in [0.717, 1.165) is 4.90 Å². The third kappa shape index (κ3) is 5.70. The summed E-state index contributed by atoms with van der Waals surface area (Å²) in [6, 6.07) is 4.12. The van der Waals surface area contributed by atoms with E-state index in [1.54, 1.807) is 0 Å². The monoisotopic (exact) mass is 334 g/mol. The van der Waals surface area contributed by atoms with Crippen molar-refractivity contribution in [3.8, 4) is 0 Å². The summed E-state index contributed by atoms with van der Waals surface area (Å²) in [5, 5.41) is 2.46. The van der Waals surface area contributed by atoms with Gasteiger partial charge < -0.3 is 15.0 Å². The molecule has 0 radical (unpaired) electrons. The lowest BCUT2D eigenvalue weighted by Crippen LogP contribution is -2.51. The van der Waals surface area contributed by atoms with Crippen LogP contribution < -0.4 is 5.32 Å². The highest BCUT2D eigenvalue weighted by molar-refractivity contribution is 5.74. The topological polar surface area (TPSA) is 41.6 Å². The van der Waals surface area contributed by atoms with E-state index < -0.39 is 30.6 Å². The van der Waals surface area contributed by atoms with Gasteiger partial charge in [0.05, 0.1) is 0 Å². The fourth-order valence-electron chi connectivity index (χ4n) is 2.44. The molecule has 0 aromatic heterocycles. The second kappa shape index (κ2) is 7.63. The largest absolute Gasteiger partial charge is 0.406 e. The Morgan fingerprint density at radius 1 is 1.22 bits per heavy atom. The van der Waals surface area contributed by atoms with Crippen molar-refractivity contribution in [1.82, 2.24) is 10.2 Å². The van der Waals surface area contributed by atoms with Gasteiger partial charge in [-0.1, -0.05) is 12.1 Å². The number of alkyl halides is 3. The number of carbonyl (C=O) groups is 1. The summed E-state index contributed by atoms with van der Waals surface area (Å²) in [6.45, 7) is -0.585. The van der Waals surface area contributed by atoms with E-state index in [-0.39, 0.29) is 6.54 Å². The maximum atomic E-state index is 12.8. The molecule has 2 rings (SSSR count). The molecule has 1 aliphatic rings. The molecule has 1 aromatic rings. The van der Waals surface area contributed by atoms with Crippen molar-refractivity contribution in [3.63, 3.8) is 0 Å². The van der Waals surface area contributed by atoms with Crippen LogP contribution in [-0.4, -0.2) is 42.9 Å². The summed E-state index contributed by atoms with van der Waals surface area (Å²) in [4.78, 5) is 13.0. The number of carbonyl (C=O) groups excluding carboxylic acids is 1. The molecule has 128 valence electrons. The highest BCUT2D eigenvalue weighted by atomic mass is 19.4. The second-order valence-electron chi connectivity index (χ2n) is 5.37. The van der Waals surface area contributed by atoms with Crippen LogP contribution in [0.1, 0.15) is 18.4 Å². The third-order valence-electron chi connectivity index (χ3n) is 3.60. The summed E-state index contributed by atoms with van der Waals surface area (Å²) < 4.78 is 56.1. The first-order valence-corrected chi connectivity index (χ1v) is 7.28. The Kier molecular flexibility index (Phi) is 5.81. The van der Waals surface area contributed by atoms with Crippen molar-refractivity contribution in [3.05, 3.63) is 35.6 Å². The van der Waals surface area contributed by atoms with E-state index >= 15 is 0 Å². The smallest absolute Gasteiger partial charge is 0.381 e. The van der Waals surface area contributed by atoms with Gasteiger partial charge in [0.1, 0.15) is 12.4 Å². The van der Waals surface area contributed by atoms with E-state index in [1.807, 2.05) is 0 Å². The lowest BCUT2D eigenvalue weighted by molar-refractivity contribution is -0.146. The van der Waals surface area contributed by atoms with Gasteiger partial charge in [0.15, 0.2) is 0 Å². The molecular weight excluding hydrogens is 316 g/mol. The zero-order valence-corrected chi connectivity index (χ0v) is 12.4. The highest BCUT2D eigenvalue weighted by Gasteiger charge is 2.37. The number of hydrogen-bond acceptors (Lipinski definition) is 2. The molecular formula is C15H18F4N2O2. The average molecular weight is 334 g/mol. The van der Waals surface area contributed by atoms with Crippen molar-refractivity contribution < 1.29 is 27.1 Å². The minimum Gasteiger partial charge on any atom is -0.381 e. The minimum absolute atomic E-state index is 0.0384. The molecule has 4 nitrogen and oxygen atoms in total. The summed E-state index contributed by atoms with van der Waals surface area (Å²) in [7, 11) is 0. The number of hydrogen-bond donors (Lipinski definition) is 1. The maximum absolute atomic E-state index is 12.8. The predicted octanol–water partition coefficient (Wildman–Crippen LogP) is 3.08. The van der Waals surface area contributed by atoms with Crippen LogP contribution in [0.15, 0.2) is 24.3 Å². The van der Waals surface area contributed by atoms with E-state index in [1.165, 1.54) is 24.3 Å². The van der Waals surface area contributed by atoms with Crippen LogP contribution in [0.25, 0.3) is 0 Å². The first kappa shape index (κ1) is 17.5. The minimum atomic E-state index is -4.47. The molecule has 1 fully saturated rings. The fraction of sp³-hybridized carbons (Fsp3) is 0.533. The molecule has 23 heavy (non-hydrogen) atoms. The third-order valence-corrected chi connectivity index (χ3v) is 3.60. The molecule has 0 unspecified atom stereocenters. The van der Waals surface area contributed by atoms with Gasteiger partial charge in [0.2, 0.25) is 0 Å². The number of nitrogens with one attached hydrogen (secondary N) is 1. The number of benzene rings is 1. The standard InChI is InChI=1S/C15H18F4N2O2/c16-12-3-1-11(2-4-12)9-20-14(22)21(10-15(17,18)19)13-5-7-23-8-6-13/h1-4,13H,5-10H2,(H,20,22). The van der Waals surface area contributed by atoms with Gasteiger partial charge >= 0.3 is 12.2 Å². The summed E-state index contributed by atoms with van der Waals surface area (Å²) in [6.07, 6.45) is -3.72. The molecule has 1 N–H and O–H groups in total. The van der Waals surface area contributed by atoms with Crippen LogP contribution >= 0.6 is 0 Å². The van der Waals surface area contributed by atoms with Gasteiger partial charge in [-0.3, -0.25) is 0 Å². The molecule has 1 aliphatic heterocycles. The average Bonchev–Trinajstić information content (AvgIpc) is 2.52. The molecule has 2 amide bonds. The molecule has 0 saturated carbocycles. The lowest BCUT2D eigenvalue weighted by Gasteiger charge is -2.34. The zero-order valence-electron chi connectivity index (χ0n) is 12.4. The van der Waals surface area contributed by atoms with Crippen LogP contribution in [-0.2, 0) is 11.3 Å². The number of ether oxygens (including phenoxy) is 1. The van der Waals surface area contributed by atoms with Crippen LogP contribution in [0.4, 0.5) is 22.4 Å². The zero-order chi connectivity index (χ0) is 16.9. The Hall–Kier alpha value is -1.83. The molecule has 1 saturated heterocycles. The maximum Gasteiger partial charge on any atom is 0.406 e. The van der Waals surface area contributed by atoms with E-state index in [0.29, 0.717) is 31.6 Å². The highest BCUT2D eigenvalue weighted by Crippen LogP contribution is 2.22. The van der Waals surface area contributed by atoms with Gasteiger partial charge in [-0.15, -0.1) is 0 Å². The number of rotatable bonds is 4. The van der Waals surface area contributed by atoms with Crippen LogP contribution in [0, 0.1) is 5.82 Å². The number of urea groups is 1. The summed E-state index contributed by atoms with van der Waals surface area (Å²) >= 11 is 0. The van der Waals surface area contributed by atoms with Gasteiger partial charge in [-0.25, -0.2) is 9.18 Å². The van der Waals surface area contributed by atoms with Crippen molar-refractivity contribution in [2.24, 2.45) is 0 Å². The molecule has 0 aliphatic carbocycles. The van der Waals surface area contributed by atoms with Gasteiger partial charge in [-0.2, -0.15) is 13.2 Å². The van der Waals surface area contributed by atoms with Crippen LogP contribution in [0.2, 0.25) is 0 Å². The first-order chi connectivity index (χ1) is 10.8. The second-order valence-corrected chi connectivity index (χ2v) is 5.37. The van der Waals surface area contributed by atoms with E-state index in [9.17, 15) is 22.4 Å². The Bertz CT molecular complexity index is 513. The predicted molar refractivity (Wildman–Crippen MR) is 75.2 cm³/mol. The van der Waals surface area contributed by atoms with Crippen LogP contribution in [0.3, 0.4) is 0 Å². The van der Waals surface area contributed by atoms with Gasteiger partial charge in [0.25, 0.3) is 0 Å². The molecule has 0 spiro atoms. The van der Waals surface area contributed by atoms with Gasteiger partial charge in [-0.05, 0) is 30.5 Å². The van der Waals surface area contributed by atoms with Crippen molar-refractivity contribution in [1.29, 1.82) is 0 Å². The quantitative estimate of drug-likeness (QED) is 0.860. The Morgan fingerprint density at radius 2 is 1.83 bits per heavy atom. The summed E-state index contributed by atoms with van der Waals surface area (Å²) in [5.41, 5.74) is 0.610. The molecule has 0 atom stereocenters. The van der Waals surface area contributed by atoms with Crippen molar-refractivity contribution in [2.75, 3.05) is 19.8 Å². The first-order valence-electron chi connectivity index (χ1n) is 7.28. The van der Waals surface area contributed by atoms with Crippen LogP contribution in [0.5, 0.6) is 0 Å². The number of halogens is 4. The Morgan fingerprint density at radius 3 is 2.39 bits per heavy atom. The SMILES string of the molecule is O=C(NCc1ccc(F)cc1)N(CC(F)(F)F)C1CCOCC1. The fourth-order valence-corrected chi connectivity index (χ4v) is 2.44. The Labute approximate surface area is 131 Å². The molecule has 1 aromatic carbocycles. The normalized spacial score (nSPS) is 16.2. The van der Waals surface area contributed by atoms with Gasteiger partial charge in [0, 0.05) is 25.8 Å². The van der Waals surface area contributed by atoms with E-state index in [4.69, 9.17) is 4.74 Å². The van der Waals surface area contributed by atoms with Crippen molar-refractivity contribution in [2.45, 2.75) is 31.6 Å². The molecule has 1 heterocycles. The number of amides is 2. The summed E-state index contributed by atoms with van der Waals surface area (Å²) in [5.74, 6) is -0.416.